The first-order chi connectivity index (χ1) is 4.49. The molecule has 1 fully saturated rings. The van der Waals surface area contributed by atoms with Crippen LogP contribution in [0.5, 0.6) is 0 Å². The van der Waals surface area contributed by atoms with Gasteiger partial charge >= 0.3 is 0 Å². The number of hydrogen-bond donors (Lipinski definition) is 0. The van der Waals surface area contributed by atoms with Crippen molar-refractivity contribution in [2.45, 2.75) is 32.5 Å². The fraction of sp³-hybridized carbons (Fsp3) is 1.00. The Balaban J connectivity index is 2.51. The van der Waals surface area contributed by atoms with Gasteiger partial charge in [0.25, 0.3) is 0 Å². The second kappa shape index (κ2) is 2.51. The molecule has 1 heterocycles. The summed E-state index contributed by atoms with van der Waals surface area (Å²) in [5.41, 5.74) is 0.0480. The van der Waals surface area contributed by atoms with Crippen molar-refractivity contribution >= 4 is 0 Å². The summed E-state index contributed by atoms with van der Waals surface area (Å²) in [4.78, 5) is 2.31. The van der Waals surface area contributed by atoms with Crippen molar-refractivity contribution in [3.05, 3.63) is 0 Å². The number of rotatable bonds is 0. The Morgan fingerprint density at radius 1 is 1.50 bits per heavy atom. The maximum absolute atomic E-state index is 5.70. The molecule has 0 unspecified atom stereocenters. The molecule has 1 rings (SSSR count). The molecule has 1 aliphatic rings. The second-order valence-electron chi connectivity index (χ2n) is 3.88. The van der Waals surface area contributed by atoms with Gasteiger partial charge in [0, 0.05) is 13.1 Å². The van der Waals surface area contributed by atoms with Crippen molar-refractivity contribution in [1.82, 2.24) is 4.90 Å². The van der Waals surface area contributed by atoms with Crippen LogP contribution in [0, 0.1) is 0 Å². The van der Waals surface area contributed by atoms with Crippen LogP contribution in [0.2, 0.25) is 0 Å². The topological polar surface area (TPSA) is 12.5 Å². The molecular weight excluding hydrogens is 126 g/mol. The second-order valence-corrected chi connectivity index (χ2v) is 3.88. The van der Waals surface area contributed by atoms with Gasteiger partial charge in [-0.3, -0.25) is 0 Å². The van der Waals surface area contributed by atoms with E-state index in [4.69, 9.17) is 4.74 Å². The third-order valence-corrected chi connectivity index (χ3v) is 1.74. The molecule has 1 saturated heterocycles. The van der Waals surface area contributed by atoms with Gasteiger partial charge in [-0.1, -0.05) is 0 Å². The zero-order valence-electron chi connectivity index (χ0n) is 7.35. The lowest BCUT2D eigenvalue weighted by atomic mass is 10.1. The third kappa shape index (κ3) is 1.96. The molecule has 0 aromatic heterocycles. The predicted molar refractivity (Wildman–Crippen MR) is 42.1 cm³/mol. The number of ether oxygens (including phenoxy) is 1. The molecule has 10 heavy (non-hydrogen) atoms. The first kappa shape index (κ1) is 8.02. The molecule has 0 aromatic rings. The molecule has 60 valence electrons. The highest BCUT2D eigenvalue weighted by molar-refractivity contribution is 4.80. The summed E-state index contributed by atoms with van der Waals surface area (Å²) in [6.45, 7) is 8.50. The maximum Gasteiger partial charge on any atom is 0.0757 e. The highest BCUT2D eigenvalue weighted by Gasteiger charge is 2.28. The zero-order chi connectivity index (χ0) is 7.78. The van der Waals surface area contributed by atoms with Crippen LogP contribution in [0.15, 0.2) is 0 Å². The Hall–Kier alpha value is -0.0800. The summed E-state index contributed by atoms with van der Waals surface area (Å²) in [6, 6.07) is 0. The van der Waals surface area contributed by atoms with Gasteiger partial charge in [0.1, 0.15) is 0 Å². The van der Waals surface area contributed by atoms with E-state index >= 15 is 0 Å². The van der Waals surface area contributed by atoms with Gasteiger partial charge in [0.15, 0.2) is 0 Å². The average Bonchev–Trinajstić information content (AvgIpc) is 1.54. The van der Waals surface area contributed by atoms with Crippen molar-refractivity contribution in [3.63, 3.8) is 0 Å². The monoisotopic (exact) mass is 143 g/mol. The first-order valence-electron chi connectivity index (χ1n) is 3.86. The quantitative estimate of drug-likeness (QED) is 0.504. The first-order valence-corrected chi connectivity index (χ1v) is 3.86. The van der Waals surface area contributed by atoms with Crippen LogP contribution in [-0.2, 0) is 4.74 Å². The molecule has 0 amide bonds. The minimum atomic E-state index is 0.0480. The molecule has 2 nitrogen and oxygen atoms in total. The highest BCUT2D eigenvalue weighted by atomic mass is 16.5. The minimum absolute atomic E-state index is 0.0480. The molecular formula is C8H17NO. The lowest BCUT2D eigenvalue weighted by molar-refractivity contribution is -0.122. The van der Waals surface area contributed by atoms with Gasteiger partial charge in [0.05, 0.1) is 11.7 Å². The lowest BCUT2D eigenvalue weighted by Crippen LogP contribution is -2.50. The van der Waals surface area contributed by atoms with E-state index in [2.05, 4.69) is 32.7 Å². The molecule has 0 spiro atoms. The van der Waals surface area contributed by atoms with Crippen LogP contribution >= 0.6 is 0 Å². The summed E-state index contributed by atoms with van der Waals surface area (Å²) in [5, 5.41) is 0. The van der Waals surface area contributed by atoms with Crippen molar-refractivity contribution in [2.24, 2.45) is 0 Å². The zero-order valence-corrected chi connectivity index (χ0v) is 7.35. The molecule has 1 atom stereocenters. The lowest BCUT2D eigenvalue weighted by Gasteiger charge is -2.39. The predicted octanol–water partition coefficient (Wildman–Crippen LogP) is 1.12. The van der Waals surface area contributed by atoms with Crippen molar-refractivity contribution in [1.29, 1.82) is 0 Å². The van der Waals surface area contributed by atoms with Crippen LogP contribution in [0.3, 0.4) is 0 Å². The Morgan fingerprint density at radius 2 is 2.10 bits per heavy atom. The van der Waals surface area contributed by atoms with Gasteiger partial charge in [0.2, 0.25) is 0 Å². The van der Waals surface area contributed by atoms with Crippen LogP contribution in [0.1, 0.15) is 20.8 Å². The van der Waals surface area contributed by atoms with E-state index < -0.39 is 0 Å². The fourth-order valence-electron chi connectivity index (χ4n) is 1.77. The van der Waals surface area contributed by atoms with E-state index in [0.29, 0.717) is 6.10 Å². The Kier molecular flexibility index (Phi) is 2.02. The van der Waals surface area contributed by atoms with E-state index in [1.165, 1.54) is 0 Å². The van der Waals surface area contributed by atoms with Crippen LogP contribution in [0.25, 0.3) is 0 Å². The number of likely N-dealkylation sites (N-methyl/N-ethyl adjacent to an activating group) is 1. The summed E-state index contributed by atoms with van der Waals surface area (Å²) in [5.74, 6) is 0. The van der Waals surface area contributed by atoms with E-state index in [0.717, 1.165) is 13.1 Å². The molecule has 0 saturated carbocycles. The number of hydrogen-bond acceptors (Lipinski definition) is 2. The molecule has 0 bridgehead atoms. The van der Waals surface area contributed by atoms with Crippen LogP contribution in [0.4, 0.5) is 0 Å². The fourth-order valence-corrected chi connectivity index (χ4v) is 1.77. The van der Waals surface area contributed by atoms with Crippen LogP contribution in [-0.4, -0.2) is 36.7 Å². The molecule has 2 heteroatoms. The SMILES string of the molecule is C[C@@H]1CN(C)CC(C)(C)O1. The highest BCUT2D eigenvalue weighted by Crippen LogP contribution is 2.18. The van der Waals surface area contributed by atoms with E-state index in [-0.39, 0.29) is 5.60 Å². The summed E-state index contributed by atoms with van der Waals surface area (Å²) < 4.78 is 5.70. The molecule has 0 radical (unpaired) electrons. The molecule has 1 aliphatic heterocycles. The average molecular weight is 143 g/mol. The van der Waals surface area contributed by atoms with E-state index in [9.17, 15) is 0 Å². The van der Waals surface area contributed by atoms with Gasteiger partial charge < -0.3 is 9.64 Å². The van der Waals surface area contributed by atoms with Crippen LogP contribution < -0.4 is 0 Å². The summed E-state index contributed by atoms with van der Waals surface area (Å²) >= 11 is 0. The Morgan fingerprint density at radius 3 is 2.50 bits per heavy atom. The van der Waals surface area contributed by atoms with Gasteiger partial charge in [-0.15, -0.1) is 0 Å². The normalized spacial score (nSPS) is 34.2. The molecule has 0 aromatic carbocycles. The molecule has 0 N–H and O–H groups in total. The van der Waals surface area contributed by atoms with Crippen molar-refractivity contribution < 1.29 is 4.74 Å². The van der Waals surface area contributed by atoms with Gasteiger partial charge in [-0.25, -0.2) is 0 Å². The third-order valence-electron chi connectivity index (χ3n) is 1.74. The van der Waals surface area contributed by atoms with Crippen molar-refractivity contribution in [3.8, 4) is 0 Å². The van der Waals surface area contributed by atoms with Crippen molar-refractivity contribution in [2.75, 3.05) is 20.1 Å². The Labute approximate surface area is 63.2 Å². The Bertz CT molecular complexity index is 110. The minimum Gasteiger partial charge on any atom is -0.370 e. The summed E-state index contributed by atoms with van der Waals surface area (Å²) in [7, 11) is 2.14. The van der Waals surface area contributed by atoms with E-state index in [1.54, 1.807) is 0 Å². The largest absolute Gasteiger partial charge is 0.370 e. The number of nitrogens with zero attached hydrogens (tertiary/aromatic N) is 1. The van der Waals surface area contributed by atoms with Gasteiger partial charge in [-0.2, -0.15) is 0 Å². The maximum atomic E-state index is 5.70. The van der Waals surface area contributed by atoms with E-state index in [1.807, 2.05) is 0 Å². The molecule has 0 aliphatic carbocycles. The standard InChI is InChI=1S/C8H17NO/c1-7-5-9(4)6-8(2,3)10-7/h7H,5-6H2,1-4H3/t7-/m1/s1. The smallest absolute Gasteiger partial charge is 0.0757 e. The number of morpholine rings is 1. The van der Waals surface area contributed by atoms with Gasteiger partial charge in [-0.05, 0) is 27.8 Å². The summed E-state index contributed by atoms with van der Waals surface area (Å²) in [6.07, 6.45) is 0.383.